The van der Waals surface area contributed by atoms with E-state index in [1.165, 1.54) is 17.3 Å². The van der Waals surface area contributed by atoms with Gasteiger partial charge in [0.15, 0.2) is 0 Å². The lowest BCUT2D eigenvalue weighted by Crippen LogP contribution is -2.28. The first-order valence-electron chi connectivity index (χ1n) is 9.81. The molecule has 4 rings (SSSR count). The van der Waals surface area contributed by atoms with Gasteiger partial charge in [-0.3, -0.25) is 9.58 Å². The zero-order chi connectivity index (χ0) is 19.7. The minimum Gasteiger partial charge on any atom is -0.484 e. The summed E-state index contributed by atoms with van der Waals surface area (Å²) in [6.45, 7) is 9.29. The SMILES string of the molecule is CCn1nc(C)c(CN2Cc3ccccc3OC(c3ccccc3F)C2)c1C. The van der Waals surface area contributed by atoms with Gasteiger partial charge >= 0.3 is 0 Å². The lowest BCUT2D eigenvalue weighted by Gasteiger charge is -2.24. The van der Waals surface area contributed by atoms with Crippen LogP contribution in [0, 0.1) is 19.7 Å². The average Bonchev–Trinajstić information content (AvgIpc) is 2.86. The molecule has 1 aliphatic heterocycles. The van der Waals surface area contributed by atoms with Gasteiger partial charge in [0.05, 0.1) is 5.69 Å². The normalized spacial score (nSPS) is 17.1. The Hall–Kier alpha value is -2.66. The lowest BCUT2D eigenvalue weighted by molar-refractivity contribution is 0.140. The van der Waals surface area contributed by atoms with E-state index >= 15 is 0 Å². The molecule has 1 aliphatic rings. The fourth-order valence-corrected chi connectivity index (χ4v) is 3.99. The Morgan fingerprint density at radius 2 is 1.86 bits per heavy atom. The largest absolute Gasteiger partial charge is 0.484 e. The zero-order valence-corrected chi connectivity index (χ0v) is 16.7. The molecule has 0 bridgehead atoms. The highest BCUT2D eigenvalue weighted by Crippen LogP contribution is 2.33. The van der Waals surface area contributed by atoms with Gasteiger partial charge in [-0.25, -0.2) is 4.39 Å². The molecule has 0 saturated heterocycles. The fraction of sp³-hybridized carbons (Fsp3) is 0.348. The molecule has 4 nitrogen and oxygen atoms in total. The molecule has 146 valence electrons. The standard InChI is InChI=1S/C23H26FN3O/c1-4-27-17(3)20(16(2)25-27)14-26-13-18-9-5-8-12-22(18)28-23(15-26)19-10-6-7-11-21(19)24/h5-12,23H,4,13-15H2,1-3H3. The van der Waals surface area contributed by atoms with Crippen LogP contribution in [0.1, 0.15) is 41.1 Å². The molecule has 2 heterocycles. The topological polar surface area (TPSA) is 30.3 Å². The Kier molecular flexibility index (Phi) is 5.18. The first-order valence-corrected chi connectivity index (χ1v) is 9.81. The number of aryl methyl sites for hydroxylation is 2. The van der Waals surface area contributed by atoms with E-state index in [1.807, 2.05) is 35.0 Å². The summed E-state index contributed by atoms with van der Waals surface area (Å²) in [5.41, 5.74) is 5.22. The van der Waals surface area contributed by atoms with Gasteiger partial charge in [-0.15, -0.1) is 0 Å². The zero-order valence-electron chi connectivity index (χ0n) is 16.7. The molecule has 0 fully saturated rings. The molecule has 0 saturated carbocycles. The Labute approximate surface area is 165 Å². The van der Waals surface area contributed by atoms with E-state index in [0.717, 1.165) is 36.6 Å². The van der Waals surface area contributed by atoms with E-state index in [0.29, 0.717) is 12.1 Å². The van der Waals surface area contributed by atoms with Crippen LogP contribution in [-0.4, -0.2) is 21.2 Å². The number of halogens is 1. The van der Waals surface area contributed by atoms with Crippen molar-refractivity contribution in [1.29, 1.82) is 0 Å². The molecule has 3 aromatic rings. The maximum Gasteiger partial charge on any atom is 0.139 e. The van der Waals surface area contributed by atoms with Gasteiger partial charge in [-0.2, -0.15) is 5.10 Å². The van der Waals surface area contributed by atoms with Crippen molar-refractivity contribution in [1.82, 2.24) is 14.7 Å². The van der Waals surface area contributed by atoms with Crippen LogP contribution in [0.4, 0.5) is 4.39 Å². The molecule has 5 heteroatoms. The minimum atomic E-state index is -0.355. The van der Waals surface area contributed by atoms with Crippen molar-refractivity contribution >= 4 is 0 Å². The molecular weight excluding hydrogens is 353 g/mol. The molecular formula is C23H26FN3O. The summed E-state index contributed by atoms with van der Waals surface area (Å²) in [6.07, 6.45) is -0.355. The van der Waals surface area contributed by atoms with Gasteiger partial charge < -0.3 is 4.74 Å². The maximum atomic E-state index is 14.5. The van der Waals surface area contributed by atoms with Crippen molar-refractivity contribution in [3.05, 3.63) is 82.4 Å². The van der Waals surface area contributed by atoms with Crippen LogP contribution in [0.2, 0.25) is 0 Å². The van der Waals surface area contributed by atoms with Gasteiger partial charge in [-0.1, -0.05) is 36.4 Å². The number of benzene rings is 2. The first kappa shape index (κ1) is 18.7. The van der Waals surface area contributed by atoms with E-state index in [1.54, 1.807) is 6.07 Å². The molecule has 1 unspecified atom stereocenters. The summed E-state index contributed by atoms with van der Waals surface area (Å²) in [5, 5.41) is 4.65. The third kappa shape index (κ3) is 3.54. The second-order valence-corrected chi connectivity index (χ2v) is 7.37. The number of rotatable bonds is 4. The van der Waals surface area contributed by atoms with E-state index in [4.69, 9.17) is 4.74 Å². The van der Waals surface area contributed by atoms with Crippen LogP contribution < -0.4 is 4.74 Å². The van der Waals surface area contributed by atoms with E-state index in [-0.39, 0.29) is 11.9 Å². The Morgan fingerprint density at radius 3 is 2.61 bits per heavy atom. The maximum absolute atomic E-state index is 14.5. The van der Waals surface area contributed by atoms with Crippen molar-refractivity contribution < 1.29 is 9.13 Å². The fourth-order valence-electron chi connectivity index (χ4n) is 3.99. The van der Waals surface area contributed by atoms with Crippen molar-refractivity contribution in [2.45, 2.75) is 46.5 Å². The highest BCUT2D eigenvalue weighted by molar-refractivity contribution is 5.36. The molecule has 1 aromatic heterocycles. The number of nitrogens with zero attached hydrogens (tertiary/aromatic N) is 3. The third-order valence-electron chi connectivity index (χ3n) is 5.52. The second-order valence-electron chi connectivity index (χ2n) is 7.37. The Morgan fingerprint density at radius 1 is 1.11 bits per heavy atom. The lowest BCUT2D eigenvalue weighted by atomic mass is 10.1. The predicted octanol–water partition coefficient (Wildman–Crippen LogP) is 4.79. The monoisotopic (exact) mass is 379 g/mol. The van der Waals surface area contributed by atoms with Crippen LogP contribution in [0.5, 0.6) is 5.75 Å². The van der Waals surface area contributed by atoms with Crippen LogP contribution >= 0.6 is 0 Å². The summed E-state index contributed by atoms with van der Waals surface area (Å²) in [6, 6.07) is 14.9. The number of hydrogen-bond acceptors (Lipinski definition) is 3. The second kappa shape index (κ2) is 7.76. The summed E-state index contributed by atoms with van der Waals surface area (Å²) < 4.78 is 22.8. The molecule has 28 heavy (non-hydrogen) atoms. The van der Waals surface area contributed by atoms with Gasteiger partial charge in [0, 0.05) is 48.6 Å². The highest BCUT2D eigenvalue weighted by Gasteiger charge is 2.27. The summed E-state index contributed by atoms with van der Waals surface area (Å²) >= 11 is 0. The first-order chi connectivity index (χ1) is 13.6. The van der Waals surface area contributed by atoms with E-state index in [9.17, 15) is 4.39 Å². The van der Waals surface area contributed by atoms with Crippen LogP contribution in [0.25, 0.3) is 0 Å². The van der Waals surface area contributed by atoms with Crippen molar-refractivity contribution in [3.8, 4) is 5.75 Å². The number of ether oxygens (including phenoxy) is 1. The highest BCUT2D eigenvalue weighted by atomic mass is 19.1. The Balaban J connectivity index is 1.69. The average molecular weight is 379 g/mol. The number of para-hydroxylation sites is 1. The van der Waals surface area contributed by atoms with Gasteiger partial charge in [0.1, 0.15) is 17.7 Å². The molecule has 0 aliphatic carbocycles. The van der Waals surface area contributed by atoms with Crippen molar-refractivity contribution in [3.63, 3.8) is 0 Å². The van der Waals surface area contributed by atoms with Gasteiger partial charge in [0.25, 0.3) is 0 Å². The van der Waals surface area contributed by atoms with E-state index < -0.39 is 0 Å². The van der Waals surface area contributed by atoms with Crippen molar-refractivity contribution in [2.75, 3.05) is 6.54 Å². The molecule has 2 aromatic carbocycles. The molecule has 0 spiro atoms. The van der Waals surface area contributed by atoms with Gasteiger partial charge in [0.2, 0.25) is 0 Å². The molecule has 0 radical (unpaired) electrons. The minimum absolute atomic E-state index is 0.224. The smallest absolute Gasteiger partial charge is 0.139 e. The van der Waals surface area contributed by atoms with Crippen LogP contribution in [-0.2, 0) is 19.6 Å². The van der Waals surface area contributed by atoms with Crippen LogP contribution in [0.15, 0.2) is 48.5 Å². The third-order valence-corrected chi connectivity index (χ3v) is 5.52. The predicted molar refractivity (Wildman–Crippen MR) is 108 cm³/mol. The summed E-state index contributed by atoms with van der Waals surface area (Å²) in [5.74, 6) is 0.606. The summed E-state index contributed by atoms with van der Waals surface area (Å²) in [4.78, 5) is 2.33. The van der Waals surface area contributed by atoms with Crippen molar-refractivity contribution in [2.24, 2.45) is 0 Å². The molecule has 0 amide bonds. The van der Waals surface area contributed by atoms with Crippen LogP contribution in [0.3, 0.4) is 0 Å². The molecule has 1 atom stereocenters. The quantitative estimate of drug-likeness (QED) is 0.653. The van der Waals surface area contributed by atoms with Gasteiger partial charge in [-0.05, 0) is 32.9 Å². The van der Waals surface area contributed by atoms with E-state index in [2.05, 4.69) is 36.8 Å². The summed E-state index contributed by atoms with van der Waals surface area (Å²) in [7, 11) is 0. The number of aromatic nitrogens is 2. The Bertz CT molecular complexity index is 982. The number of hydrogen-bond donors (Lipinski definition) is 0. The number of fused-ring (bicyclic) bond motifs is 1. The molecule has 0 N–H and O–H groups in total.